The van der Waals surface area contributed by atoms with Gasteiger partial charge in [-0.05, 0) is 26.0 Å². The first-order chi connectivity index (χ1) is 8.39. The number of pyridine rings is 1. The Labute approximate surface area is 112 Å². The van der Waals surface area contributed by atoms with Gasteiger partial charge in [0.2, 0.25) is 10.0 Å². The SMILES string of the molecule is CC(C)N(CCC#N)S(=O)(=O)c1ccnc(Cl)c1. The number of nitriles is 1. The van der Waals surface area contributed by atoms with Gasteiger partial charge in [0, 0.05) is 25.2 Å². The number of hydrogen-bond donors (Lipinski definition) is 0. The summed E-state index contributed by atoms with van der Waals surface area (Å²) >= 11 is 5.69. The molecule has 0 aliphatic heterocycles. The first-order valence-electron chi connectivity index (χ1n) is 5.40. The van der Waals surface area contributed by atoms with Gasteiger partial charge >= 0.3 is 0 Å². The zero-order valence-corrected chi connectivity index (χ0v) is 11.7. The molecule has 0 saturated heterocycles. The molecule has 0 saturated carbocycles. The van der Waals surface area contributed by atoms with E-state index in [4.69, 9.17) is 16.9 Å². The van der Waals surface area contributed by atoms with E-state index in [0.29, 0.717) is 0 Å². The van der Waals surface area contributed by atoms with Crippen molar-refractivity contribution in [2.75, 3.05) is 6.54 Å². The molecular weight excluding hydrogens is 274 g/mol. The Morgan fingerprint density at radius 1 is 1.56 bits per heavy atom. The first kappa shape index (κ1) is 14.9. The molecule has 0 bridgehead atoms. The van der Waals surface area contributed by atoms with Crippen LogP contribution in [0.4, 0.5) is 0 Å². The van der Waals surface area contributed by atoms with Crippen LogP contribution in [-0.2, 0) is 10.0 Å². The average Bonchev–Trinajstić information content (AvgIpc) is 2.28. The molecule has 0 spiro atoms. The third-order valence-corrected chi connectivity index (χ3v) is 4.60. The maximum Gasteiger partial charge on any atom is 0.243 e. The standard InChI is InChI=1S/C11H14ClN3O2S/c1-9(2)15(7-3-5-13)18(16,17)10-4-6-14-11(12)8-10/h4,6,8-9H,3,7H2,1-2H3. The quantitative estimate of drug-likeness (QED) is 0.777. The predicted octanol–water partition coefficient (Wildman–Crippen LogP) is 2.05. The fourth-order valence-corrected chi connectivity index (χ4v) is 3.39. The van der Waals surface area contributed by atoms with Crippen molar-refractivity contribution in [2.24, 2.45) is 0 Å². The van der Waals surface area contributed by atoms with E-state index in [-0.39, 0.29) is 29.1 Å². The minimum absolute atomic E-state index is 0.0918. The molecule has 1 aromatic rings. The summed E-state index contributed by atoms with van der Waals surface area (Å²) in [6.07, 6.45) is 1.49. The van der Waals surface area contributed by atoms with Gasteiger partial charge in [-0.15, -0.1) is 0 Å². The molecule has 0 amide bonds. The number of nitrogens with zero attached hydrogens (tertiary/aromatic N) is 3. The first-order valence-corrected chi connectivity index (χ1v) is 7.21. The van der Waals surface area contributed by atoms with Crippen molar-refractivity contribution in [2.45, 2.75) is 31.2 Å². The molecule has 98 valence electrons. The van der Waals surface area contributed by atoms with Crippen molar-refractivity contribution in [3.05, 3.63) is 23.5 Å². The van der Waals surface area contributed by atoms with E-state index in [1.165, 1.54) is 22.6 Å². The average molecular weight is 288 g/mol. The predicted molar refractivity (Wildman–Crippen MR) is 68.5 cm³/mol. The minimum Gasteiger partial charge on any atom is -0.244 e. The van der Waals surface area contributed by atoms with Gasteiger partial charge in [0.1, 0.15) is 5.15 Å². The van der Waals surface area contributed by atoms with Crippen molar-refractivity contribution in [3.8, 4) is 6.07 Å². The van der Waals surface area contributed by atoms with Crippen LogP contribution in [-0.4, -0.2) is 30.3 Å². The van der Waals surface area contributed by atoms with E-state index in [1.54, 1.807) is 13.8 Å². The van der Waals surface area contributed by atoms with Crippen LogP contribution in [0.2, 0.25) is 5.15 Å². The van der Waals surface area contributed by atoms with Crippen LogP contribution in [0.15, 0.2) is 23.2 Å². The molecule has 0 unspecified atom stereocenters. The van der Waals surface area contributed by atoms with Crippen LogP contribution in [0.5, 0.6) is 0 Å². The monoisotopic (exact) mass is 287 g/mol. The molecule has 0 atom stereocenters. The minimum atomic E-state index is -3.64. The van der Waals surface area contributed by atoms with E-state index in [2.05, 4.69) is 4.98 Å². The number of hydrogen-bond acceptors (Lipinski definition) is 4. The van der Waals surface area contributed by atoms with Crippen molar-refractivity contribution in [3.63, 3.8) is 0 Å². The molecule has 1 rings (SSSR count). The van der Waals surface area contributed by atoms with Gasteiger partial charge in [0.15, 0.2) is 0 Å². The fraction of sp³-hybridized carbons (Fsp3) is 0.455. The van der Waals surface area contributed by atoms with E-state index in [0.717, 1.165) is 0 Å². The molecular formula is C11H14ClN3O2S. The Balaban J connectivity index is 3.14. The second-order valence-corrected chi connectivity index (χ2v) is 6.21. The highest BCUT2D eigenvalue weighted by molar-refractivity contribution is 7.89. The molecule has 0 aliphatic rings. The third-order valence-electron chi connectivity index (χ3n) is 2.32. The lowest BCUT2D eigenvalue weighted by Crippen LogP contribution is -2.37. The Hall–Kier alpha value is -1.16. The Morgan fingerprint density at radius 2 is 2.22 bits per heavy atom. The van der Waals surface area contributed by atoms with E-state index >= 15 is 0 Å². The molecule has 1 heterocycles. The van der Waals surface area contributed by atoms with E-state index < -0.39 is 10.0 Å². The smallest absolute Gasteiger partial charge is 0.243 e. The summed E-state index contributed by atoms with van der Waals surface area (Å²) in [4.78, 5) is 3.84. The van der Waals surface area contributed by atoms with Crippen LogP contribution < -0.4 is 0 Å². The molecule has 0 aliphatic carbocycles. The molecule has 0 fully saturated rings. The number of aromatic nitrogens is 1. The van der Waals surface area contributed by atoms with Gasteiger partial charge in [-0.1, -0.05) is 11.6 Å². The van der Waals surface area contributed by atoms with Crippen molar-refractivity contribution in [1.29, 1.82) is 5.26 Å². The van der Waals surface area contributed by atoms with Crippen LogP contribution >= 0.6 is 11.6 Å². The summed E-state index contributed by atoms with van der Waals surface area (Å²) in [5, 5.41) is 8.70. The summed E-state index contributed by atoms with van der Waals surface area (Å²) in [6.45, 7) is 3.69. The van der Waals surface area contributed by atoms with Gasteiger partial charge < -0.3 is 0 Å². The Bertz CT molecular complexity index is 552. The summed E-state index contributed by atoms with van der Waals surface area (Å²) in [5.41, 5.74) is 0. The summed E-state index contributed by atoms with van der Waals surface area (Å²) in [5.74, 6) is 0. The second kappa shape index (κ2) is 6.14. The number of halogens is 1. The zero-order valence-electron chi connectivity index (χ0n) is 10.2. The van der Waals surface area contributed by atoms with Crippen LogP contribution in [0.1, 0.15) is 20.3 Å². The van der Waals surface area contributed by atoms with Gasteiger partial charge in [0.05, 0.1) is 11.0 Å². The normalized spacial score (nSPS) is 11.8. The second-order valence-electron chi connectivity index (χ2n) is 3.93. The molecule has 0 N–H and O–H groups in total. The lowest BCUT2D eigenvalue weighted by Gasteiger charge is -2.24. The van der Waals surface area contributed by atoms with Crippen LogP contribution in [0, 0.1) is 11.3 Å². The Morgan fingerprint density at radius 3 is 2.72 bits per heavy atom. The lowest BCUT2D eigenvalue weighted by molar-refractivity contribution is 0.360. The van der Waals surface area contributed by atoms with E-state index in [9.17, 15) is 8.42 Å². The third kappa shape index (κ3) is 3.42. The van der Waals surface area contributed by atoms with Crippen LogP contribution in [0.25, 0.3) is 0 Å². The highest BCUT2D eigenvalue weighted by Gasteiger charge is 2.26. The maximum absolute atomic E-state index is 12.4. The van der Waals surface area contributed by atoms with Gasteiger partial charge in [-0.3, -0.25) is 0 Å². The number of sulfonamides is 1. The van der Waals surface area contributed by atoms with Crippen molar-refractivity contribution < 1.29 is 8.42 Å². The van der Waals surface area contributed by atoms with E-state index in [1.807, 2.05) is 6.07 Å². The van der Waals surface area contributed by atoms with Crippen molar-refractivity contribution >= 4 is 21.6 Å². The summed E-state index contributed by atoms with van der Waals surface area (Å²) in [7, 11) is -3.64. The fourth-order valence-electron chi connectivity index (χ4n) is 1.50. The summed E-state index contributed by atoms with van der Waals surface area (Å²) in [6, 6.07) is 4.41. The van der Waals surface area contributed by atoms with Crippen molar-refractivity contribution in [1.82, 2.24) is 9.29 Å². The highest BCUT2D eigenvalue weighted by Crippen LogP contribution is 2.20. The largest absolute Gasteiger partial charge is 0.244 e. The van der Waals surface area contributed by atoms with Gasteiger partial charge in [-0.2, -0.15) is 9.57 Å². The van der Waals surface area contributed by atoms with Gasteiger partial charge in [-0.25, -0.2) is 13.4 Å². The molecule has 0 aromatic carbocycles. The molecule has 18 heavy (non-hydrogen) atoms. The van der Waals surface area contributed by atoms with Gasteiger partial charge in [0.25, 0.3) is 0 Å². The highest BCUT2D eigenvalue weighted by atomic mass is 35.5. The Kier molecular flexibility index (Phi) is 5.08. The topological polar surface area (TPSA) is 74.1 Å². The molecule has 7 heteroatoms. The molecule has 0 radical (unpaired) electrons. The summed E-state index contributed by atoms with van der Waals surface area (Å²) < 4.78 is 26.0. The lowest BCUT2D eigenvalue weighted by atomic mass is 10.3. The molecule has 5 nitrogen and oxygen atoms in total. The number of rotatable bonds is 5. The maximum atomic E-state index is 12.4. The molecule has 1 aromatic heterocycles. The van der Waals surface area contributed by atoms with Crippen LogP contribution in [0.3, 0.4) is 0 Å². The zero-order chi connectivity index (χ0) is 13.8.